The second-order valence-corrected chi connectivity index (χ2v) is 7.19. The molecule has 0 bridgehead atoms. The van der Waals surface area contributed by atoms with Crippen molar-refractivity contribution in [3.63, 3.8) is 0 Å². The number of amides is 1. The van der Waals surface area contributed by atoms with Crippen LogP contribution < -0.4 is 9.64 Å². The standard InChI is InChI=1S/C22H28N2O2/c1-16(2)26-20-10-8-19(9-11-20)22(25)24-14-12-23(13-15-24)21-7-5-6-17(3)18(21)4/h5-11,16H,12-15H2,1-4H3. The highest BCUT2D eigenvalue weighted by Gasteiger charge is 2.23. The number of ether oxygens (including phenoxy) is 1. The van der Waals surface area contributed by atoms with Gasteiger partial charge in [-0.2, -0.15) is 0 Å². The predicted octanol–water partition coefficient (Wildman–Crippen LogP) is 4.05. The van der Waals surface area contributed by atoms with E-state index >= 15 is 0 Å². The summed E-state index contributed by atoms with van der Waals surface area (Å²) in [5, 5.41) is 0. The number of carbonyl (C=O) groups is 1. The Morgan fingerprint density at radius 3 is 2.23 bits per heavy atom. The lowest BCUT2D eigenvalue weighted by molar-refractivity contribution is 0.0746. The molecule has 0 aliphatic carbocycles. The average molecular weight is 352 g/mol. The van der Waals surface area contributed by atoms with Crippen molar-refractivity contribution in [2.24, 2.45) is 0 Å². The Kier molecular flexibility index (Phi) is 5.50. The summed E-state index contributed by atoms with van der Waals surface area (Å²) in [6.07, 6.45) is 0.134. The smallest absolute Gasteiger partial charge is 0.253 e. The van der Waals surface area contributed by atoms with Gasteiger partial charge in [0.2, 0.25) is 0 Å². The van der Waals surface area contributed by atoms with Crippen LogP contribution in [0.4, 0.5) is 5.69 Å². The van der Waals surface area contributed by atoms with Gasteiger partial charge in [-0.3, -0.25) is 4.79 Å². The Hall–Kier alpha value is -2.49. The van der Waals surface area contributed by atoms with Gasteiger partial charge in [-0.1, -0.05) is 12.1 Å². The first-order chi connectivity index (χ1) is 12.5. The SMILES string of the molecule is Cc1cccc(N2CCN(C(=O)c3ccc(OC(C)C)cc3)CC2)c1C. The molecule has 2 aromatic rings. The van der Waals surface area contributed by atoms with Crippen LogP contribution in [0.15, 0.2) is 42.5 Å². The first kappa shape index (κ1) is 18.3. The van der Waals surface area contributed by atoms with Gasteiger partial charge in [0, 0.05) is 37.4 Å². The minimum absolute atomic E-state index is 0.0988. The number of piperazine rings is 1. The molecule has 1 aliphatic heterocycles. The maximum absolute atomic E-state index is 12.8. The number of aryl methyl sites for hydroxylation is 1. The minimum atomic E-state index is 0.0988. The second-order valence-electron chi connectivity index (χ2n) is 7.19. The zero-order chi connectivity index (χ0) is 18.7. The van der Waals surface area contributed by atoms with Gasteiger partial charge in [0.05, 0.1) is 6.10 Å². The third kappa shape index (κ3) is 4.01. The first-order valence-corrected chi connectivity index (χ1v) is 9.33. The number of anilines is 1. The number of hydrogen-bond donors (Lipinski definition) is 0. The van der Waals surface area contributed by atoms with E-state index in [4.69, 9.17) is 4.74 Å². The zero-order valence-electron chi connectivity index (χ0n) is 16.2. The van der Waals surface area contributed by atoms with E-state index in [1.165, 1.54) is 16.8 Å². The molecule has 1 aliphatic rings. The van der Waals surface area contributed by atoms with Gasteiger partial charge in [-0.05, 0) is 69.2 Å². The molecule has 138 valence electrons. The fourth-order valence-corrected chi connectivity index (χ4v) is 3.36. The number of hydrogen-bond acceptors (Lipinski definition) is 3. The van der Waals surface area contributed by atoms with Gasteiger partial charge < -0.3 is 14.5 Å². The monoisotopic (exact) mass is 352 g/mol. The molecular weight excluding hydrogens is 324 g/mol. The molecule has 1 heterocycles. The Morgan fingerprint density at radius 1 is 0.962 bits per heavy atom. The van der Waals surface area contributed by atoms with Gasteiger partial charge in [-0.25, -0.2) is 0 Å². The lowest BCUT2D eigenvalue weighted by Crippen LogP contribution is -2.49. The lowest BCUT2D eigenvalue weighted by Gasteiger charge is -2.37. The lowest BCUT2D eigenvalue weighted by atomic mass is 10.1. The summed E-state index contributed by atoms with van der Waals surface area (Å²) in [6, 6.07) is 13.9. The van der Waals surface area contributed by atoms with Gasteiger partial charge in [0.15, 0.2) is 0 Å². The van der Waals surface area contributed by atoms with E-state index in [0.29, 0.717) is 0 Å². The van der Waals surface area contributed by atoms with E-state index in [0.717, 1.165) is 37.5 Å². The van der Waals surface area contributed by atoms with E-state index in [1.807, 2.05) is 43.0 Å². The van der Waals surface area contributed by atoms with Crippen molar-refractivity contribution in [1.82, 2.24) is 4.90 Å². The summed E-state index contributed by atoms with van der Waals surface area (Å²) >= 11 is 0. The van der Waals surface area contributed by atoms with Crippen LogP contribution in [0.2, 0.25) is 0 Å². The molecule has 0 unspecified atom stereocenters. The topological polar surface area (TPSA) is 32.8 Å². The highest BCUT2D eigenvalue weighted by atomic mass is 16.5. The molecule has 1 amide bonds. The molecule has 0 spiro atoms. The average Bonchev–Trinajstić information content (AvgIpc) is 2.64. The van der Waals surface area contributed by atoms with Crippen LogP contribution in [0.3, 0.4) is 0 Å². The first-order valence-electron chi connectivity index (χ1n) is 9.33. The van der Waals surface area contributed by atoms with Crippen LogP contribution in [-0.4, -0.2) is 43.1 Å². The Morgan fingerprint density at radius 2 is 1.62 bits per heavy atom. The molecule has 0 radical (unpaired) electrons. The Balaban J connectivity index is 1.62. The van der Waals surface area contributed by atoms with Crippen LogP contribution in [0.5, 0.6) is 5.75 Å². The third-order valence-corrected chi connectivity index (χ3v) is 4.96. The van der Waals surface area contributed by atoms with Crippen molar-refractivity contribution >= 4 is 11.6 Å². The zero-order valence-corrected chi connectivity index (χ0v) is 16.2. The second kappa shape index (κ2) is 7.81. The van der Waals surface area contributed by atoms with Gasteiger partial charge in [-0.15, -0.1) is 0 Å². The summed E-state index contributed by atoms with van der Waals surface area (Å²) in [6.45, 7) is 11.5. The maximum atomic E-state index is 12.8. The molecule has 4 heteroatoms. The normalized spacial score (nSPS) is 14.7. The summed E-state index contributed by atoms with van der Waals surface area (Å²) < 4.78 is 5.65. The Bertz CT molecular complexity index is 760. The molecule has 0 saturated carbocycles. The van der Waals surface area contributed by atoms with Gasteiger partial charge in [0.25, 0.3) is 5.91 Å². The van der Waals surface area contributed by atoms with Crippen LogP contribution in [0, 0.1) is 13.8 Å². The molecule has 26 heavy (non-hydrogen) atoms. The molecule has 4 nitrogen and oxygen atoms in total. The van der Waals surface area contributed by atoms with Crippen LogP contribution in [0.1, 0.15) is 35.3 Å². The molecule has 0 aromatic heterocycles. The fraction of sp³-hybridized carbons (Fsp3) is 0.409. The van der Waals surface area contributed by atoms with Crippen LogP contribution in [-0.2, 0) is 0 Å². The highest BCUT2D eigenvalue weighted by Crippen LogP contribution is 2.24. The quantitative estimate of drug-likeness (QED) is 0.832. The van der Waals surface area contributed by atoms with Crippen molar-refractivity contribution in [1.29, 1.82) is 0 Å². The molecule has 0 atom stereocenters. The number of nitrogens with zero attached hydrogens (tertiary/aromatic N) is 2. The van der Waals surface area contributed by atoms with E-state index in [9.17, 15) is 4.79 Å². The minimum Gasteiger partial charge on any atom is -0.491 e. The van der Waals surface area contributed by atoms with E-state index in [1.54, 1.807) is 0 Å². The largest absolute Gasteiger partial charge is 0.491 e. The van der Waals surface area contributed by atoms with Crippen LogP contribution >= 0.6 is 0 Å². The van der Waals surface area contributed by atoms with Crippen LogP contribution in [0.25, 0.3) is 0 Å². The predicted molar refractivity (Wildman–Crippen MR) is 106 cm³/mol. The van der Waals surface area contributed by atoms with E-state index in [2.05, 4.69) is 36.9 Å². The number of carbonyl (C=O) groups excluding carboxylic acids is 1. The van der Waals surface area contributed by atoms with Gasteiger partial charge in [0.1, 0.15) is 5.75 Å². The van der Waals surface area contributed by atoms with Crippen molar-refractivity contribution < 1.29 is 9.53 Å². The van der Waals surface area contributed by atoms with Crippen molar-refractivity contribution in [3.8, 4) is 5.75 Å². The molecule has 3 rings (SSSR count). The molecule has 2 aromatic carbocycles. The number of rotatable bonds is 4. The third-order valence-electron chi connectivity index (χ3n) is 4.96. The van der Waals surface area contributed by atoms with E-state index < -0.39 is 0 Å². The number of benzene rings is 2. The van der Waals surface area contributed by atoms with Crippen molar-refractivity contribution in [2.45, 2.75) is 33.8 Å². The molecule has 1 saturated heterocycles. The summed E-state index contributed by atoms with van der Waals surface area (Å²) in [7, 11) is 0. The summed E-state index contributed by atoms with van der Waals surface area (Å²) in [5.74, 6) is 0.901. The molecule has 0 N–H and O–H groups in total. The highest BCUT2D eigenvalue weighted by molar-refractivity contribution is 5.94. The van der Waals surface area contributed by atoms with Gasteiger partial charge >= 0.3 is 0 Å². The summed E-state index contributed by atoms with van der Waals surface area (Å²) in [4.78, 5) is 17.1. The van der Waals surface area contributed by atoms with Crippen molar-refractivity contribution in [3.05, 3.63) is 59.2 Å². The maximum Gasteiger partial charge on any atom is 0.253 e. The van der Waals surface area contributed by atoms with Crippen molar-refractivity contribution in [2.75, 3.05) is 31.1 Å². The fourth-order valence-electron chi connectivity index (χ4n) is 3.36. The van der Waals surface area contributed by atoms with E-state index in [-0.39, 0.29) is 12.0 Å². The molecular formula is C22H28N2O2. The molecule has 1 fully saturated rings. The Labute approximate surface area is 156 Å². The summed E-state index contributed by atoms with van der Waals surface area (Å²) in [5.41, 5.74) is 4.64.